The molecule has 1 aromatic carbocycles. The number of amides is 2. The Labute approximate surface area is 145 Å². The van der Waals surface area contributed by atoms with E-state index in [1.807, 2.05) is 52.0 Å². The third-order valence-electron chi connectivity index (χ3n) is 3.50. The number of nitrogens with zero attached hydrogens (tertiary/aromatic N) is 1. The highest BCUT2D eigenvalue weighted by molar-refractivity contribution is 5.98. The van der Waals surface area contributed by atoms with Crippen LogP contribution in [-0.4, -0.2) is 30.2 Å². The van der Waals surface area contributed by atoms with Gasteiger partial charge in [-0.15, -0.1) is 0 Å². The van der Waals surface area contributed by atoms with Crippen LogP contribution < -0.4 is 10.2 Å². The molecule has 0 bridgehead atoms. The highest BCUT2D eigenvalue weighted by Gasteiger charge is 2.30. The van der Waals surface area contributed by atoms with Crippen LogP contribution in [0.5, 0.6) is 0 Å². The molecule has 1 N–H and O–H groups in total. The molecule has 1 aromatic rings. The molecular weight excluding hydrogens is 304 g/mol. The van der Waals surface area contributed by atoms with E-state index in [1.54, 1.807) is 25.7 Å². The van der Waals surface area contributed by atoms with Crippen molar-refractivity contribution >= 4 is 17.7 Å². The Morgan fingerprint density at radius 1 is 1.25 bits per heavy atom. The van der Waals surface area contributed by atoms with Crippen LogP contribution in [0.25, 0.3) is 0 Å². The van der Waals surface area contributed by atoms with Gasteiger partial charge >= 0.3 is 6.09 Å². The Hall–Kier alpha value is -2.04. The van der Waals surface area contributed by atoms with Gasteiger partial charge in [0.2, 0.25) is 5.91 Å². The summed E-state index contributed by atoms with van der Waals surface area (Å²) in [5.74, 6) is -0.187. The Balaban J connectivity index is 2.97. The smallest absolute Gasteiger partial charge is 0.408 e. The number of rotatable bonds is 5. The van der Waals surface area contributed by atoms with Crippen LogP contribution in [0.1, 0.15) is 47.1 Å². The normalized spacial score (nSPS) is 12.7. The first-order chi connectivity index (χ1) is 11.0. The van der Waals surface area contributed by atoms with Gasteiger partial charge in [0.25, 0.3) is 0 Å². The van der Waals surface area contributed by atoms with E-state index in [0.29, 0.717) is 6.54 Å². The summed E-state index contributed by atoms with van der Waals surface area (Å²) >= 11 is 0. The van der Waals surface area contributed by atoms with Crippen molar-refractivity contribution < 1.29 is 14.3 Å². The lowest BCUT2D eigenvalue weighted by molar-refractivity contribution is -0.121. The summed E-state index contributed by atoms with van der Waals surface area (Å²) < 4.78 is 5.29. The van der Waals surface area contributed by atoms with Gasteiger partial charge in [0.05, 0.1) is 0 Å². The summed E-state index contributed by atoms with van der Waals surface area (Å²) in [6.45, 7) is 13.6. The summed E-state index contributed by atoms with van der Waals surface area (Å²) in [5, 5.41) is 2.72. The maximum atomic E-state index is 13.0. The van der Waals surface area contributed by atoms with Crippen molar-refractivity contribution in [1.82, 2.24) is 5.32 Å². The van der Waals surface area contributed by atoms with Crippen molar-refractivity contribution in [2.45, 2.75) is 60.1 Å². The van der Waals surface area contributed by atoms with E-state index in [1.165, 1.54) is 0 Å². The van der Waals surface area contributed by atoms with Gasteiger partial charge in [0, 0.05) is 12.2 Å². The van der Waals surface area contributed by atoms with Crippen LogP contribution in [0.2, 0.25) is 0 Å². The van der Waals surface area contributed by atoms with Crippen LogP contribution in [0.4, 0.5) is 10.5 Å². The number of aryl methyl sites for hydroxylation is 1. The molecule has 134 valence electrons. The maximum Gasteiger partial charge on any atom is 0.408 e. The van der Waals surface area contributed by atoms with E-state index < -0.39 is 17.7 Å². The summed E-state index contributed by atoms with van der Waals surface area (Å²) in [6, 6.07) is 7.14. The fraction of sp³-hybridized carbons (Fsp3) is 0.579. The molecule has 5 nitrogen and oxygen atoms in total. The number of alkyl carbamates (subject to hydrolysis) is 1. The van der Waals surface area contributed by atoms with Gasteiger partial charge < -0.3 is 15.0 Å². The SMILES string of the molecule is CCN(C(=O)C(NC(=O)OC(C)(C)C)C(C)C)c1cccc(C)c1. The summed E-state index contributed by atoms with van der Waals surface area (Å²) in [7, 11) is 0. The number of nitrogens with one attached hydrogen (secondary N) is 1. The van der Waals surface area contributed by atoms with Crippen molar-refractivity contribution in [1.29, 1.82) is 0 Å². The molecule has 0 heterocycles. The number of likely N-dealkylation sites (N-methyl/N-ethyl adjacent to an activating group) is 1. The first-order valence-electron chi connectivity index (χ1n) is 8.42. The van der Waals surface area contributed by atoms with Crippen molar-refractivity contribution in [3.8, 4) is 0 Å². The molecule has 0 aromatic heterocycles. The van der Waals surface area contributed by atoms with Gasteiger partial charge in [-0.2, -0.15) is 0 Å². The van der Waals surface area contributed by atoms with Gasteiger partial charge in [-0.3, -0.25) is 4.79 Å². The quantitative estimate of drug-likeness (QED) is 0.888. The van der Waals surface area contributed by atoms with E-state index in [2.05, 4.69) is 5.32 Å². The predicted octanol–water partition coefficient (Wildman–Crippen LogP) is 3.90. The Bertz CT molecular complexity index is 576. The van der Waals surface area contributed by atoms with Crippen molar-refractivity contribution in [3.63, 3.8) is 0 Å². The van der Waals surface area contributed by atoms with Crippen molar-refractivity contribution in [2.75, 3.05) is 11.4 Å². The molecule has 0 spiro atoms. The second-order valence-corrected chi connectivity index (χ2v) is 7.29. The van der Waals surface area contributed by atoms with Gasteiger partial charge in [-0.05, 0) is 58.2 Å². The van der Waals surface area contributed by atoms with E-state index in [0.717, 1.165) is 11.3 Å². The van der Waals surface area contributed by atoms with Gasteiger partial charge in [0.15, 0.2) is 0 Å². The molecule has 2 amide bonds. The molecule has 0 fully saturated rings. The van der Waals surface area contributed by atoms with Crippen molar-refractivity contribution in [3.05, 3.63) is 29.8 Å². The predicted molar refractivity (Wildman–Crippen MR) is 97.2 cm³/mol. The van der Waals surface area contributed by atoms with Crippen LogP contribution >= 0.6 is 0 Å². The average molecular weight is 334 g/mol. The first kappa shape index (κ1) is 20.0. The fourth-order valence-electron chi connectivity index (χ4n) is 2.38. The molecule has 1 rings (SSSR count). The lowest BCUT2D eigenvalue weighted by Crippen LogP contribution is -2.52. The minimum absolute atomic E-state index is 0.0520. The van der Waals surface area contributed by atoms with E-state index >= 15 is 0 Å². The topological polar surface area (TPSA) is 58.6 Å². The third kappa shape index (κ3) is 5.87. The first-order valence-corrected chi connectivity index (χ1v) is 8.42. The Kier molecular flexibility index (Phi) is 6.81. The van der Waals surface area contributed by atoms with Gasteiger partial charge in [-0.25, -0.2) is 4.79 Å². The van der Waals surface area contributed by atoms with Crippen LogP contribution in [0.3, 0.4) is 0 Å². The number of ether oxygens (including phenoxy) is 1. The number of anilines is 1. The monoisotopic (exact) mass is 334 g/mol. The lowest BCUT2D eigenvalue weighted by Gasteiger charge is -2.30. The summed E-state index contributed by atoms with van der Waals surface area (Å²) in [6.07, 6.45) is -0.574. The Morgan fingerprint density at radius 2 is 1.88 bits per heavy atom. The number of hydrogen-bond donors (Lipinski definition) is 1. The number of carbonyl (C=O) groups excluding carboxylic acids is 2. The van der Waals surface area contributed by atoms with Crippen LogP contribution in [0.15, 0.2) is 24.3 Å². The zero-order valence-corrected chi connectivity index (χ0v) is 15.8. The highest BCUT2D eigenvalue weighted by atomic mass is 16.6. The zero-order valence-electron chi connectivity index (χ0n) is 15.8. The molecule has 0 saturated heterocycles. The maximum absolute atomic E-state index is 13.0. The second kappa shape index (κ2) is 8.18. The molecular formula is C19H30N2O3. The molecule has 0 aliphatic rings. The molecule has 24 heavy (non-hydrogen) atoms. The van der Waals surface area contributed by atoms with E-state index in [9.17, 15) is 9.59 Å². The molecule has 0 aliphatic heterocycles. The minimum atomic E-state index is -0.639. The lowest BCUT2D eigenvalue weighted by atomic mass is 10.0. The molecule has 5 heteroatoms. The van der Waals surface area contributed by atoms with E-state index in [4.69, 9.17) is 4.74 Å². The van der Waals surface area contributed by atoms with E-state index in [-0.39, 0.29) is 11.8 Å². The largest absolute Gasteiger partial charge is 0.444 e. The summed E-state index contributed by atoms with van der Waals surface area (Å²) in [5.41, 5.74) is 1.31. The molecule has 1 atom stereocenters. The third-order valence-corrected chi connectivity index (χ3v) is 3.50. The Morgan fingerprint density at radius 3 is 2.33 bits per heavy atom. The standard InChI is InChI=1S/C19H30N2O3/c1-8-21(15-11-9-10-14(4)12-15)17(22)16(13(2)3)20-18(23)24-19(5,6)7/h9-13,16H,8H2,1-7H3,(H,20,23). The van der Waals surface area contributed by atoms with Crippen LogP contribution in [-0.2, 0) is 9.53 Å². The van der Waals surface area contributed by atoms with Crippen LogP contribution in [0, 0.1) is 12.8 Å². The number of carbonyl (C=O) groups is 2. The second-order valence-electron chi connectivity index (χ2n) is 7.29. The minimum Gasteiger partial charge on any atom is -0.444 e. The van der Waals surface area contributed by atoms with Gasteiger partial charge in [0.1, 0.15) is 11.6 Å². The zero-order chi connectivity index (χ0) is 18.5. The summed E-state index contributed by atoms with van der Waals surface area (Å²) in [4.78, 5) is 26.7. The molecule has 0 aliphatic carbocycles. The van der Waals surface area contributed by atoms with Gasteiger partial charge in [-0.1, -0.05) is 26.0 Å². The number of benzene rings is 1. The number of hydrogen-bond acceptors (Lipinski definition) is 3. The fourth-order valence-corrected chi connectivity index (χ4v) is 2.38. The highest BCUT2D eigenvalue weighted by Crippen LogP contribution is 2.19. The van der Waals surface area contributed by atoms with Crippen molar-refractivity contribution in [2.24, 2.45) is 5.92 Å². The molecule has 1 unspecified atom stereocenters. The molecule has 0 saturated carbocycles. The average Bonchev–Trinajstić information content (AvgIpc) is 2.43. The molecule has 0 radical (unpaired) electrons.